The van der Waals surface area contributed by atoms with Crippen LogP contribution in [-0.4, -0.2) is 6.29 Å². The van der Waals surface area contributed by atoms with E-state index < -0.39 is 0 Å². The van der Waals surface area contributed by atoms with Crippen LogP contribution in [0.25, 0.3) is 0 Å². The third kappa shape index (κ3) is 1.85. The van der Waals surface area contributed by atoms with Crippen LogP contribution in [0.15, 0.2) is 11.6 Å². The Morgan fingerprint density at radius 2 is 2.31 bits per heavy atom. The molecule has 0 N–H and O–H groups in total. The second-order valence-corrected chi connectivity index (χ2v) is 6.14. The minimum atomic E-state index is 0.226. The molecule has 0 saturated heterocycles. The van der Waals surface area contributed by atoms with E-state index in [0.29, 0.717) is 11.3 Å². The van der Waals surface area contributed by atoms with Gasteiger partial charge in [-0.25, -0.2) is 0 Å². The number of allylic oxidation sites excluding steroid dienone is 2. The van der Waals surface area contributed by atoms with Gasteiger partial charge in [-0.1, -0.05) is 32.4 Å². The summed E-state index contributed by atoms with van der Waals surface area (Å²) in [5.74, 6) is 1.59. The molecular weight excluding hydrogens is 196 g/mol. The Morgan fingerprint density at radius 1 is 1.56 bits per heavy atom. The second-order valence-electron chi connectivity index (χ2n) is 6.14. The van der Waals surface area contributed by atoms with E-state index in [1.54, 1.807) is 5.57 Å². The number of carbonyl (C=O) groups is 1. The lowest BCUT2D eigenvalue weighted by molar-refractivity contribution is -0.112. The summed E-state index contributed by atoms with van der Waals surface area (Å²) in [6.45, 7) is 6.89. The zero-order valence-electron chi connectivity index (χ0n) is 10.8. The number of rotatable bonds is 2. The van der Waals surface area contributed by atoms with Crippen molar-refractivity contribution in [3.8, 4) is 0 Å². The van der Waals surface area contributed by atoms with Crippen molar-refractivity contribution >= 4 is 6.29 Å². The lowest BCUT2D eigenvalue weighted by Crippen LogP contribution is -2.37. The predicted molar refractivity (Wildman–Crippen MR) is 67.2 cm³/mol. The van der Waals surface area contributed by atoms with Crippen molar-refractivity contribution in [3.63, 3.8) is 0 Å². The minimum Gasteiger partial charge on any atom is -0.303 e. The Hall–Kier alpha value is -0.590. The average Bonchev–Trinajstić information content (AvgIpc) is 2.29. The van der Waals surface area contributed by atoms with Gasteiger partial charge in [-0.2, -0.15) is 0 Å². The van der Waals surface area contributed by atoms with Crippen molar-refractivity contribution in [2.45, 2.75) is 52.9 Å². The van der Waals surface area contributed by atoms with Crippen LogP contribution in [0.2, 0.25) is 0 Å². The molecule has 0 amide bonds. The van der Waals surface area contributed by atoms with E-state index >= 15 is 0 Å². The zero-order valence-corrected chi connectivity index (χ0v) is 10.8. The molecule has 1 nitrogen and oxygen atoms in total. The Kier molecular flexibility index (Phi) is 3.23. The highest BCUT2D eigenvalue weighted by molar-refractivity contribution is 5.53. The monoisotopic (exact) mass is 220 g/mol. The van der Waals surface area contributed by atoms with Gasteiger partial charge in [0.05, 0.1) is 0 Å². The van der Waals surface area contributed by atoms with E-state index in [-0.39, 0.29) is 5.92 Å². The molecule has 0 aromatic rings. The largest absolute Gasteiger partial charge is 0.303 e. The van der Waals surface area contributed by atoms with Crippen LogP contribution in [0.4, 0.5) is 0 Å². The Bertz CT molecular complexity index is 305. The first-order chi connectivity index (χ1) is 7.58. The van der Waals surface area contributed by atoms with Gasteiger partial charge in [-0.15, -0.1) is 0 Å². The van der Waals surface area contributed by atoms with Gasteiger partial charge in [0, 0.05) is 5.92 Å². The minimum absolute atomic E-state index is 0.226. The van der Waals surface area contributed by atoms with Crippen molar-refractivity contribution in [3.05, 3.63) is 11.6 Å². The molecule has 4 atom stereocenters. The van der Waals surface area contributed by atoms with Crippen molar-refractivity contribution in [2.24, 2.45) is 23.2 Å². The number of hydrogen-bond donors (Lipinski definition) is 0. The normalized spacial score (nSPS) is 40.8. The Labute approximate surface area is 99.3 Å². The molecule has 1 saturated carbocycles. The number of carbonyl (C=O) groups excluding carboxylic acids is 1. The third-order valence-corrected chi connectivity index (χ3v) is 5.22. The highest BCUT2D eigenvalue weighted by Gasteiger charge is 2.42. The van der Waals surface area contributed by atoms with Crippen molar-refractivity contribution in [2.75, 3.05) is 0 Å². The molecule has 0 aromatic heterocycles. The molecule has 4 unspecified atom stereocenters. The van der Waals surface area contributed by atoms with E-state index in [4.69, 9.17) is 0 Å². The van der Waals surface area contributed by atoms with Gasteiger partial charge in [-0.05, 0) is 49.4 Å². The molecule has 16 heavy (non-hydrogen) atoms. The van der Waals surface area contributed by atoms with Gasteiger partial charge in [0.15, 0.2) is 0 Å². The van der Waals surface area contributed by atoms with Crippen LogP contribution in [0.1, 0.15) is 52.9 Å². The Balaban J connectivity index is 2.21. The maximum absolute atomic E-state index is 10.9. The van der Waals surface area contributed by atoms with Crippen molar-refractivity contribution in [1.29, 1.82) is 0 Å². The molecule has 90 valence electrons. The lowest BCUT2D eigenvalue weighted by Gasteiger charge is -2.47. The lowest BCUT2D eigenvalue weighted by atomic mass is 9.57. The molecule has 0 spiro atoms. The quantitative estimate of drug-likeness (QED) is 0.508. The molecule has 0 radical (unpaired) electrons. The zero-order chi connectivity index (χ0) is 11.8. The third-order valence-electron chi connectivity index (χ3n) is 5.22. The van der Waals surface area contributed by atoms with Gasteiger partial charge >= 0.3 is 0 Å². The topological polar surface area (TPSA) is 17.1 Å². The summed E-state index contributed by atoms with van der Waals surface area (Å²) in [4.78, 5) is 10.9. The first-order valence-corrected chi connectivity index (χ1v) is 6.72. The molecule has 0 bridgehead atoms. The number of hydrogen-bond acceptors (Lipinski definition) is 1. The summed E-state index contributed by atoms with van der Waals surface area (Å²) in [7, 11) is 0. The fourth-order valence-electron chi connectivity index (χ4n) is 3.62. The molecule has 0 heterocycles. The van der Waals surface area contributed by atoms with Gasteiger partial charge in [0.25, 0.3) is 0 Å². The summed E-state index contributed by atoms with van der Waals surface area (Å²) in [5, 5.41) is 0. The van der Waals surface area contributed by atoms with Crippen LogP contribution >= 0.6 is 0 Å². The molecule has 2 rings (SSSR count). The summed E-state index contributed by atoms with van der Waals surface area (Å²) in [6.07, 6.45) is 9.94. The van der Waals surface area contributed by atoms with Crippen LogP contribution in [-0.2, 0) is 4.79 Å². The molecular formula is C15H24O. The summed E-state index contributed by atoms with van der Waals surface area (Å²) in [5.41, 5.74) is 2.07. The summed E-state index contributed by atoms with van der Waals surface area (Å²) in [6, 6.07) is 0. The Morgan fingerprint density at radius 3 is 3.00 bits per heavy atom. The van der Waals surface area contributed by atoms with E-state index in [0.717, 1.165) is 18.6 Å². The van der Waals surface area contributed by atoms with Gasteiger partial charge in [0.2, 0.25) is 0 Å². The highest BCUT2D eigenvalue weighted by Crippen LogP contribution is 2.52. The van der Waals surface area contributed by atoms with E-state index in [2.05, 4.69) is 26.8 Å². The molecule has 2 aliphatic rings. The molecule has 1 fully saturated rings. The fourth-order valence-corrected chi connectivity index (χ4v) is 3.62. The fraction of sp³-hybridized carbons (Fsp3) is 0.800. The van der Waals surface area contributed by atoms with Crippen LogP contribution < -0.4 is 0 Å². The van der Waals surface area contributed by atoms with Crippen molar-refractivity contribution in [1.82, 2.24) is 0 Å². The summed E-state index contributed by atoms with van der Waals surface area (Å²) < 4.78 is 0. The summed E-state index contributed by atoms with van der Waals surface area (Å²) >= 11 is 0. The number of fused-ring (bicyclic) bond motifs is 1. The van der Waals surface area contributed by atoms with E-state index in [1.165, 1.54) is 25.7 Å². The highest BCUT2D eigenvalue weighted by atomic mass is 16.1. The SMILES string of the molecule is CC(C=O)C1CC=C2CCCC(C)C2(C)C1. The molecule has 1 heteroatoms. The average molecular weight is 220 g/mol. The van der Waals surface area contributed by atoms with Gasteiger partial charge in [-0.3, -0.25) is 0 Å². The van der Waals surface area contributed by atoms with E-state index in [1.807, 2.05) is 0 Å². The van der Waals surface area contributed by atoms with Gasteiger partial charge < -0.3 is 4.79 Å². The number of aldehydes is 1. The van der Waals surface area contributed by atoms with Gasteiger partial charge in [0.1, 0.15) is 6.29 Å². The smallest absolute Gasteiger partial charge is 0.123 e. The first kappa shape index (κ1) is 11.9. The van der Waals surface area contributed by atoms with Crippen LogP contribution in [0, 0.1) is 23.2 Å². The molecule has 2 aliphatic carbocycles. The predicted octanol–water partition coefficient (Wildman–Crippen LogP) is 3.98. The maximum Gasteiger partial charge on any atom is 0.123 e. The van der Waals surface area contributed by atoms with E-state index in [9.17, 15) is 4.79 Å². The van der Waals surface area contributed by atoms with Crippen LogP contribution in [0.3, 0.4) is 0 Å². The second kappa shape index (κ2) is 4.35. The standard InChI is InChI=1S/C15H24O/c1-11(10-16)13-7-8-14-6-4-5-12(2)15(14,3)9-13/h8,10-13H,4-7,9H2,1-3H3. The van der Waals surface area contributed by atoms with Crippen molar-refractivity contribution < 1.29 is 4.79 Å². The molecule has 0 aromatic carbocycles. The molecule has 0 aliphatic heterocycles. The maximum atomic E-state index is 10.9. The van der Waals surface area contributed by atoms with Crippen LogP contribution in [0.5, 0.6) is 0 Å². The first-order valence-electron chi connectivity index (χ1n) is 6.72.